The van der Waals surface area contributed by atoms with Crippen LogP contribution in [0.15, 0.2) is 59.4 Å². The molecule has 174 valence electrons. The number of amides is 1. The van der Waals surface area contributed by atoms with Gasteiger partial charge in [-0.25, -0.2) is 4.98 Å². The molecule has 0 aliphatic carbocycles. The van der Waals surface area contributed by atoms with Crippen molar-refractivity contribution in [2.45, 2.75) is 13.8 Å². The first-order valence-electron chi connectivity index (χ1n) is 11.2. The second-order valence-corrected chi connectivity index (χ2v) is 9.25. The Hall–Kier alpha value is -3.72. The van der Waals surface area contributed by atoms with Crippen LogP contribution in [0.25, 0.3) is 15.5 Å². The zero-order valence-electron chi connectivity index (χ0n) is 19.1. The summed E-state index contributed by atoms with van der Waals surface area (Å²) in [7, 11) is 0. The minimum Gasteiger partial charge on any atom is -0.484 e. The molecule has 0 N–H and O–H groups in total. The van der Waals surface area contributed by atoms with E-state index < -0.39 is 0 Å². The van der Waals surface area contributed by atoms with Crippen molar-refractivity contribution in [3.8, 4) is 16.3 Å². The molecule has 3 heterocycles. The largest absolute Gasteiger partial charge is 0.484 e. The van der Waals surface area contributed by atoms with Crippen LogP contribution in [0.1, 0.15) is 11.1 Å². The maximum absolute atomic E-state index is 12.8. The number of anilines is 1. The number of ether oxygens (including phenoxy) is 1. The van der Waals surface area contributed by atoms with Crippen LogP contribution in [-0.2, 0) is 4.79 Å². The quantitative estimate of drug-likeness (QED) is 0.441. The SMILES string of the molecule is Cc1ccccc1OCC(=O)N1CCN(c2cc(=O)n3nc(-c4ccccc4C)sc3n2)CC1. The molecule has 34 heavy (non-hydrogen) atoms. The lowest BCUT2D eigenvalue weighted by atomic mass is 10.1. The summed E-state index contributed by atoms with van der Waals surface area (Å²) in [5.41, 5.74) is 2.89. The molecule has 0 unspecified atom stereocenters. The van der Waals surface area contributed by atoms with Crippen molar-refractivity contribution >= 4 is 28.0 Å². The van der Waals surface area contributed by atoms with Gasteiger partial charge in [-0.2, -0.15) is 9.61 Å². The monoisotopic (exact) mass is 475 g/mol. The van der Waals surface area contributed by atoms with Gasteiger partial charge in [-0.3, -0.25) is 9.59 Å². The highest BCUT2D eigenvalue weighted by Crippen LogP contribution is 2.27. The molecule has 1 amide bonds. The molecule has 0 spiro atoms. The molecule has 9 heteroatoms. The number of carbonyl (C=O) groups is 1. The summed E-state index contributed by atoms with van der Waals surface area (Å²) in [5, 5.41) is 5.26. The summed E-state index contributed by atoms with van der Waals surface area (Å²) in [6.07, 6.45) is 0. The van der Waals surface area contributed by atoms with Crippen LogP contribution in [0.4, 0.5) is 5.82 Å². The highest BCUT2D eigenvalue weighted by molar-refractivity contribution is 7.19. The topological polar surface area (TPSA) is 80.0 Å². The smallest absolute Gasteiger partial charge is 0.277 e. The Balaban J connectivity index is 1.26. The molecule has 0 bridgehead atoms. The Morgan fingerprint density at radius 1 is 1.00 bits per heavy atom. The Morgan fingerprint density at radius 3 is 2.44 bits per heavy atom. The van der Waals surface area contributed by atoms with Crippen LogP contribution in [0.5, 0.6) is 5.75 Å². The van der Waals surface area contributed by atoms with E-state index in [0.29, 0.717) is 37.0 Å². The Kier molecular flexibility index (Phi) is 6.02. The molecule has 1 fully saturated rings. The van der Waals surface area contributed by atoms with Crippen molar-refractivity contribution in [3.63, 3.8) is 0 Å². The second-order valence-electron chi connectivity index (χ2n) is 8.29. The van der Waals surface area contributed by atoms with Gasteiger partial charge in [-0.15, -0.1) is 0 Å². The van der Waals surface area contributed by atoms with Crippen molar-refractivity contribution in [1.82, 2.24) is 19.5 Å². The van der Waals surface area contributed by atoms with Gasteiger partial charge in [0.05, 0.1) is 0 Å². The van der Waals surface area contributed by atoms with E-state index in [1.165, 1.54) is 21.9 Å². The van der Waals surface area contributed by atoms with Gasteiger partial charge in [-0.05, 0) is 31.0 Å². The van der Waals surface area contributed by atoms with Gasteiger partial charge < -0.3 is 14.5 Å². The molecule has 4 aromatic rings. The summed E-state index contributed by atoms with van der Waals surface area (Å²) in [5.74, 6) is 1.30. The third-order valence-electron chi connectivity index (χ3n) is 6.01. The molecule has 2 aromatic heterocycles. The van der Waals surface area contributed by atoms with E-state index in [1.807, 2.05) is 67.3 Å². The number of para-hydroxylation sites is 1. The molecule has 8 nitrogen and oxygen atoms in total. The van der Waals surface area contributed by atoms with Crippen LogP contribution < -0.4 is 15.2 Å². The predicted molar refractivity (Wildman–Crippen MR) is 133 cm³/mol. The normalized spacial score (nSPS) is 13.9. The average molecular weight is 476 g/mol. The zero-order chi connectivity index (χ0) is 23.7. The summed E-state index contributed by atoms with van der Waals surface area (Å²) < 4.78 is 7.07. The first-order valence-corrected chi connectivity index (χ1v) is 12.0. The molecule has 2 aromatic carbocycles. The van der Waals surface area contributed by atoms with Gasteiger partial charge in [0, 0.05) is 37.8 Å². The number of rotatable bonds is 5. The number of piperazine rings is 1. The van der Waals surface area contributed by atoms with E-state index >= 15 is 0 Å². The minimum absolute atomic E-state index is 0.0129. The van der Waals surface area contributed by atoms with Gasteiger partial charge >= 0.3 is 0 Å². The number of hydrogen-bond acceptors (Lipinski definition) is 7. The Labute approximate surface area is 201 Å². The number of aryl methyl sites for hydroxylation is 2. The van der Waals surface area contributed by atoms with Gasteiger partial charge in [0.25, 0.3) is 11.5 Å². The van der Waals surface area contributed by atoms with Gasteiger partial charge in [0.1, 0.15) is 16.6 Å². The summed E-state index contributed by atoms with van der Waals surface area (Å²) in [6.45, 7) is 6.29. The van der Waals surface area contributed by atoms with Gasteiger partial charge in [-0.1, -0.05) is 53.8 Å². The van der Waals surface area contributed by atoms with Crippen LogP contribution in [0, 0.1) is 13.8 Å². The molecule has 5 rings (SSSR count). The average Bonchev–Trinajstić information content (AvgIpc) is 3.28. The molecule has 1 saturated heterocycles. The number of carbonyl (C=O) groups excluding carboxylic acids is 1. The molecule has 0 atom stereocenters. The maximum atomic E-state index is 12.8. The van der Waals surface area contributed by atoms with Crippen molar-refractivity contribution in [3.05, 3.63) is 76.1 Å². The summed E-state index contributed by atoms with van der Waals surface area (Å²) in [6, 6.07) is 17.1. The van der Waals surface area contributed by atoms with Crippen LogP contribution in [-0.4, -0.2) is 58.2 Å². The standard InChI is InChI=1S/C25H25N5O3S/c1-17-7-3-5-9-19(17)24-27-30-22(31)15-21(26-25(30)34-24)28-11-13-29(14-12-28)23(32)16-33-20-10-6-4-8-18(20)2/h3-10,15H,11-14,16H2,1-2H3. The first-order chi connectivity index (χ1) is 16.5. The van der Waals surface area contributed by atoms with E-state index in [-0.39, 0.29) is 18.1 Å². The summed E-state index contributed by atoms with van der Waals surface area (Å²) in [4.78, 5) is 34.5. The number of aromatic nitrogens is 3. The van der Waals surface area contributed by atoms with Crippen LogP contribution in [0.2, 0.25) is 0 Å². The van der Waals surface area contributed by atoms with Crippen molar-refractivity contribution in [2.75, 3.05) is 37.7 Å². The van der Waals surface area contributed by atoms with E-state index in [9.17, 15) is 9.59 Å². The second kappa shape index (κ2) is 9.26. The third-order valence-corrected chi connectivity index (χ3v) is 6.95. The fraction of sp³-hybridized carbons (Fsp3) is 0.280. The number of nitrogens with zero attached hydrogens (tertiary/aromatic N) is 5. The number of benzene rings is 2. The summed E-state index contributed by atoms with van der Waals surface area (Å²) >= 11 is 1.40. The van der Waals surface area contributed by atoms with E-state index in [0.717, 1.165) is 27.4 Å². The van der Waals surface area contributed by atoms with E-state index in [1.54, 1.807) is 4.90 Å². The van der Waals surface area contributed by atoms with Crippen LogP contribution >= 0.6 is 11.3 Å². The first kappa shape index (κ1) is 22.1. The molecule has 0 saturated carbocycles. The van der Waals surface area contributed by atoms with Gasteiger partial charge in [0.2, 0.25) is 4.96 Å². The fourth-order valence-electron chi connectivity index (χ4n) is 4.02. The van der Waals surface area contributed by atoms with Crippen molar-refractivity contribution in [2.24, 2.45) is 0 Å². The zero-order valence-corrected chi connectivity index (χ0v) is 19.9. The van der Waals surface area contributed by atoms with Crippen LogP contribution in [0.3, 0.4) is 0 Å². The van der Waals surface area contributed by atoms with Gasteiger partial charge in [0.15, 0.2) is 6.61 Å². The highest BCUT2D eigenvalue weighted by Gasteiger charge is 2.23. The Bertz CT molecular complexity index is 1410. The highest BCUT2D eigenvalue weighted by atomic mass is 32.1. The Morgan fingerprint density at radius 2 is 1.71 bits per heavy atom. The maximum Gasteiger partial charge on any atom is 0.277 e. The lowest BCUT2D eigenvalue weighted by Gasteiger charge is -2.35. The molecule has 1 aliphatic rings. The van der Waals surface area contributed by atoms with E-state index in [4.69, 9.17) is 9.72 Å². The minimum atomic E-state index is -0.207. The fourth-order valence-corrected chi connectivity index (χ4v) is 5.01. The van der Waals surface area contributed by atoms with Crippen molar-refractivity contribution < 1.29 is 9.53 Å². The molecule has 1 aliphatic heterocycles. The van der Waals surface area contributed by atoms with E-state index in [2.05, 4.69) is 5.10 Å². The third kappa shape index (κ3) is 4.38. The molecular weight excluding hydrogens is 450 g/mol. The predicted octanol–water partition coefficient (Wildman–Crippen LogP) is 3.16. The lowest BCUT2D eigenvalue weighted by molar-refractivity contribution is -0.133. The number of fused-ring (bicyclic) bond motifs is 1. The van der Waals surface area contributed by atoms with Crippen molar-refractivity contribution in [1.29, 1.82) is 0 Å². The lowest BCUT2D eigenvalue weighted by Crippen LogP contribution is -2.50. The molecular formula is C25H25N5O3S. The molecule has 0 radical (unpaired) electrons. The number of hydrogen-bond donors (Lipinski definition) is 0.